The van der Waals surface area contributed by atoms with Gasteiger partial charge in [-0.25, -0.2) is 15.0 Å². The van der Waals surface area contributed by atoms with Gasteiger partial charge < -0.3 is 15.1 Å². The van der Waals surface area contributed by atoms with E-state index in [-0.39, 0.29) is 0 Å². The van der Waals surface area contributed by atoms with Gasteiger partial charge >= 0.3 is 0 Å². The first-order valence-corrected chi connectivity index (χ1v) is 11.6. The molecule has 1 saturated heterocycles. The molecule has 2 aliphatic rings. The molecule has 2 aliphatic heterocycles. The highest BCUT2D eigenvalue weighted by molar-refractivity contribution is 6.12. The van der Waals surface area contributed by atoms with E-state index in [9.17, 15) is 0 Å². The third-order valence-corrected chi connectivity index (χ3v) is 6.34. The van der Waals surface area contributed by atoms with Gasteiger partial charge in [-0.05, 0) is 36.6 Å². The topological polar surface area (TPSA) is 69.5 Å². The highest BCUT2D eigenvalue weighted by Crippen LogP contribution is 2.30. The lowest BCUT2D eigenvalue weighted by Gasteiger charge is -2.35. The fourth-order valence-corrected chi connectivity index (χ4v) is 4.55. The Labute approximate surface area is 189 Å². The fourth-order valence-electron chi connectivity index (χ4n) is 4.55. The second kappa shape index (κ2) is 8.82. The van der Waals surface area contributed by atoms with Crippen LogP contribution in [0.15, 0.2) is 41.7 Å². The molecule has 0 bridgehead atoms. The van der Waals surface area contributed by atoms with Crippen LogP contribution in [-0.4, -0.2) is 58.3 Å². The summed E-state index contributed by atoms with van der Waals surface area (Å²) in [5.41, 5.74) is 5.75. The molecule has 1 N–H and O–H groups in total. The van der Waals surface area contributed by atoms with Gasteiger partial charge in [0.05, 0.1) is 23.9 Å². The van der Waals surface area contributed by atoms with Gasteiger partial charge in [-0.3, -0.25) is 4.99 Å². The number of fused-ring (bicyclic) bond motifs is 3. The first kappa shape index (κ1) is 20.8. The number of aliphatic imine (C=N–C) groups is 1. The minimum atomic E-state index is 0.557. The molecule has 0 spiro atoms. The van der Waals surface area contributed by atoms with E-state index in [1.165, 1.54) is 11.1 Å². The lowest BCUT2D eigenvalue weighted by atomic mass is 9.96. The number of pyridine rings is 1. The average Bonchev–Trinajstić information content (AvgIpc) is 3.22. The summed E-state index contributed by atoms with van der Waals surface area (Å²) in [5, 5.41) is 4.33. The maximum atomic E-state index is 4.87. The van der Waals surface area contributed by atoms with E-state index in [2.05, 4.69) is 64.1 Å². The van der Waals surface area contributed by atoms with Gasteiger partial charge in [0.15, 0.2) is 0 Å². The zero-order valence-corrected chi connectivity index (χ0v) is 19.2. The van der Waals surface area contributed by atoms with Crippen LogP contribution in [0.25, 0.3) is 10.9 Å². The van der Waals surface area contributed by atoms with Gasteiger partial charge in [0.2, 0.25) is 5.95 Å². The van der Waals surface area contributed by atoms with Crippen LogP contribution in [0.2, 0.25) is 0 Å². The Morgan fingerprint density at radius 3 is 2.56 bits per heavy atom. The SMILES string of the molecule is CCN1CCN(c2ccc(Nc3ncc4ccc5c(c4n3)C(CC(C)C)=NC5)nc2)CC1. The first-order valence-electron chi connectivity index (χ1n) is 11.6. The predicted molar refractivity (Wildman–Crippen MR) is 131 cm³/mol. The first-order chi connectivity index (χ1) is 15.6. The highest BCUT2D eigenvalue weighted by atomic mass is 15.3. The number of benzene rings is 1. The van der Waals surface area contributed by atoms with Crippen molar-refractivity contribution in [3.8, 4) is 0 Å². The van der Waals surface area contributed by atoms with Crippen LogP contribution < -0.4 is 10.2 Å². The number of anilines is 3. The average molecular weight is 430 g/mol. The van der Waals surface area contributed by atoms with E-state index in [0.717, 1.165) is 73.8 Å². The third-order valence-electron chi connectivity index (χ3n) is 6.34. The van der Waals surface area contributed by atoms with Crippen molar-refractivity contribution in [1.29, 1.82) is 0 Å². The van der Waals surface area contributed by atoms with Crippen LogP contribution in [0.3, 0.4) is 0 Å². The minimum Gasteiger partial charge on any atom is -0.368 e. The van der Waals surface area contributed by atoms with Gasteiger partial charge in [0.1, 0.15) is 5.82 Å². The van der Waals surface area contributed by atoms with Crippen molar-refractivity contribution in [2.75, 3.05) is 42.9 Å². The van der Waals surface area contributed by atoms with Gasteiger partial charge in [0.25, 0.3) is 0 Å². The summed E-state index contributed by atoms with van der Waals surface area (Å²) in [6.07, 6.45) is 4.79. The van der Waals surface area contributed by atoms with Gasteiger partial charge in [0, 0.05) is 49.0 Å². The zero-order valence-electron chi connectivity index (χ0n) is 19.2. The molecule has 0 amide bonds. The molecule has 3 aromatic rings. The standard InChI is InChI=1S/C25H31N7/c1-4-31-9-11-32(12-10-31)20-7-8-22(27-16-20)29-25-28-15-19-6-5-18-14-26-21(13-17(2)3)23(18)24(19)30-25/h5-8,15-17H,4,9-14H2,1-3H3,(H,27,28,29,30). The van der Waals surface area contributed by atoms with E-state index in [0.29, 0.717) is 11.9 Å². The number of piperazine rings is 1. The summed E-state index contributed by atoms with van der Waals surface area (Å²) in [5.74, 6) is 1.88. The summed E-state index contributed by atoms with van der Waals surface area (Å²) in [4.78, 5) is 23.7. The number of hydrogen-bond acceptors (Lipinski definition) is 7. The molecule has 7 heteroatoms. The monoisotopic (exact) mass is 429 g/mol. The summed E-state index contributed by atoms with van der Waals surface area (Å²) in [6.45, 7) is 12.8. The second-order valence-electron chi connectivity index (χ2n) is 9.04. The van der Waals surface area contributed by atoms with Crippen molar-refractivity contribution in [3.63, 3.8) is 0 Å². The molecule has 0 atom stereocenters. The number of hydrogen-bond donors (Lipinski definition) is 1. The van der Waals surface area contributed by atoms with Crippen LogP contribution in [0.1, 0.15) is 38.3 Å². The van der Waals surface area contributed by atoms with Crippen LogP contribution in [0, 0.1) is 5.92 Å². The lowest BCUT2D eigenvalue weighted by molar-refractivity contribution is 0.271. The predicted octanol–water partition coefficient (Wildman–Crippen LogP) is 4.26. The Bertz CT molecular complexity index is 1130. The van der Waals surface area contributed by atoms with E-state index in [1.807, 2.05) is 18.5 Å². The van der Waals surface area contributed by atoms with Crippen molar-refractivity contribution >= 4 is 34.1 Å². The Hall–Kier alpha value is -3.06. The van der Waals surface area contributed by atoms with Crippen LogP contribution in [-0.2, 0) is 6.54 Å². The molecule has 0 radical (unpaired) electrons. The zero-order chi connectivity index (χ0) is 22.1. The largest absolute Gasteiger partial charge is 0.368 e. The van der Waals surface area contributed by atoms with E-state index in [1.54, 1.807) is 0 Å². The van der Waals surface area contributed by atoms with E-state index >= 15 is 0 Å². The quantitative estimate of drug-likeness (QED) is 0.631. The van der Waals surface area contributed by atoms with Crippen molar-refractivity contribution in [3.05, 3.63) is 47.8 Å². The molecule has 5 rings (SSSR count). The summed E-state index contributed by atoms with van der Waals surface area (Å²) in [6, 6.07) is 8.39. The molecule has 4 heterocycles. The van der Waals surface area contributed by atoms with E-state index < -0.39 is 0 Å². The molecule has 7 nitrogen and oxygen atoms in total. The molecule has 0 aliphatic carbocycles. The number of rotatable bonds is 6. The normalized spacial score (nSPS) is 16.5. The van der Waals surface area contributed by atoms with Gasteiger partial charge in [-0.2, -0.15) is 0 Å². The highest BCUT2D eigenvalue weighted by Gasteiger charge is 2.21. The Balaban J connectivity index is 1.35. The van der Waals surface area contributed by atoms with Crippen molar-refractivity contribution in [1.82, 2.24) is 19.9 Å². The molecule has 1 fully saturated rings. The molecule has 1 aromatic carbocycles. The number of nitrogens with zero attached hydrogens (tertiary/aromatic N) is 6. The van der Waals surface area contributed by atoms with Crippen molar-refractivity contribution < 1.29 is 0 Å². The third kappa shape index (κ3) is 4.17. The fraction of sp³-hybridized carbons (Fsp3) is 0.440. The maximum absolute atomic E-state index is 4.87. The van der Waals surface area contributed by atoms with Crippen molar-refractivity contribution in [2.24, 2.45) is 10.9 Å². The van der Waals surface area contributed by atoms with Crippen LogP contribution in [0.4, 0.5) is 17.5 Å². The van der Waals surface area contributed by atoms with E-state index in [4.69, 9.17) is 9.98 Å². The van der Waals surface area contributed by atoms with Crippen LogP contribution in [0.5, 0.6) is 0 Å². The van der Waals surface area contributed by atoms with Crippen molar-refractivity contribution in [2.45, 2.75) is 33.7 Å². The molecular formula is C25H31N7. The molecule has 166 valence electrons. The maximum Gasteiger partial charge on any atom is 0.228 e. The lowest BCUT2D eigenvalue weighted by Crippen LogP contribution is -2.46. The molecule has 32 heavy (non-hydrogen) atoms. The molecule has 0 saturated carbocycles. The molecular weight excluding hydrogens is 398 g/mol. The number of aromatic nitrogens is 3. The number of likely N-dealkylation sites (N-methyl/N-ethyl adjacent to an activating group) is 1. The molecule has 0 unspecified atom stereocenters. The summed E-state index contributed by atoms with van der Waals surface area (Å²) in [7, 11) is 0. The Kier molecular flexibility index (Phi) is 5.74. The van der Waals surface area contributed by atoms with Gasteiger partial charge in [-0.1, -0.05) is 32.9 Å². The van der Waals surface area contributed by atoms with Gasteiger partial charge in [-0.15, -0.1) is 0 Å². The van der Waals surface area contributed by atoms with Crippen LogP contribution >= 0.6 is 0 Å². The summed E-state index contributed by atoms with van der Waals surface area (Å²) < 4.78 is 0. The minimum absolute atomic E-state index is 0.557. The smallest absolute Gasteiger partial charge is 0.228 e. The second-order valence-corrected chi connectivity index (χ2v) is 9.04. The number of nitrogens with one attached hydrogen (secondary N) is 1. The Morgan fingerprint density at radius 1 is 1.00 bits per heavy atom. The Morgan fingerprint density at radius 2 is 1.84 bits per heavy atom. The summed E-state index contributed by atoms with van der Waals surface area (Å²) >= 11 is 0. The molecule has 2 aromatic heterocycles.